The van der Waals surface area contributed by atoms with Gasteiger partial charge in [-0.3, -0.25) is 9.59 Å². The Morgan fingerprint density at radius 2 is 1.88 bits per heavy atom. The third-order valence-corrected chi connectivity index (χ3v) is 5.73. The molecule has 1 aromatic carbocycles. The summed E-state index contributed by atoms with van der Waals surface area (Å²) in [6, 6.07) is 8.57. The Labute approximate surface area is 149 Å². The molecule has 1 saturated heterocycles. The van der Waals surface area contributed by atoms with Crippen molar-refractivity contribution < 1.29 is 14.3 Å². The van der Waals surface area contributed by atoms with Gasteiger partial charge in [0.25, 0.3) is 0 Å². The fourth-order valence-electron chi connectivity index (χ4n) is 3.64. The summed E-state index contributed by atoms with van der Waals surface area (Å²) in [5.41, 5.74) is 7.47. The standard InChI is InChI=1S/C20H28N2O3/c1-13(2)14-3-5-15(6-4-14)16-11-17(16)18(23)22-12-20(19(21)24)7-9-25-10-8-20/h3-6,13,16-17H,7-12H2,1-2H3,(H2,21,24)(H,22,23)/t16-,17-/m1/s1. The number of nitrogens with one attached hydrogen (secondary N) is 1. The van der Waals surface area contributed by atoms with Gasteiger partial charge in [0.05, 0.1) is 5.41 Å². The van der Waals surface area contributed by atoms with Crippen molar-refractivity contribution in [2.45, 2.75) is 44.9 Å². The number of rotatable bonds is 6. The molecule has 0 spiro atoms. The maximum atomic E-state index is 12.5. The molecule has 1 saturated carbocycles. The number of carbonyl (C=O) groups is 2. The minimum absolute atomic E-state index is 0.00895. The van der Waals surface area contributed by atoms with E-state index in [0.717, 1.165) is 6.42 Å². The Morgan fingerprint density at radius 3 is 2.44 bits per heavy atom. The molecule has 0 aromatic heterocycles. The fourth-order valence-corrected chi connectivity index (χ4v) is 3.64. The summed E-state index contributed by atoms with van der Waals surface area (Å²) < 4.78 is 5.32. The number of nitrogens with two attached hydrogens (primary N) is 1. The van der Waals surface area contributed by atoms with Crippen molar-refractivity contribution in [1.82, 2.24) is 5.32 Å². The summed E-state index contributed by atoms with van der Waals surface area (Å²) in [5, 5.41) is 2.97. The van der Waals surface area contributed by atoms with Crippen molar-refractivity contribution in [3.63, 3.8) is 0 Å². The summed E-state index contributed by atoms with van der Waals surface area (Å²) >= 11 is 0. The molecule has 5 nitrogen and oxygen atoms in total. The summed E-state index contributed by atoms with van der Waals surface area (Å²) in [4.78, 5) is 24.3. The van der Waals surface area contributed by atoms with Crippen LogP contribution in [-0.2, 0) is 14.3 Å². The molecular formula is C20H28N2O3. The number of benzene rings is 1. The number of amides is 2. The molecule has 136 valence electrons. The predicted octanol–water partition coefficient (Wildman–Crippen LogP) is 2.31. The Hall–Kier alpha value is -1.88. The van der Waals surface area contributed by atoms with Crippen LogP contribution in [0.25, 0.3) is 0 Å². The van der Waals surface area contributed by atoms with Crippen LogP contribution in [0.1, 0.15) is 56.1 Å². The van der Waals surface area contributed by atoms with Crippen LogP contribution < -0.4 is 11.1 Å². The van der Waals surface area contributed by atoms with Crippen LogP contribution in [0.5, 0.6) is 0 Å². The van der Waals surface area contributed by atoms with Crippen molar-refractivity contribution in [2.24, 2.45) is 17.1 Å². The van der Waals surface area contributed by atoms with Crippen LogP contribution in [-0.4, -0.2) is 31.6 Å². The Kier molecular flexibility index (Phi) is 5.13. The first-order valence-electron chi connectivity index (χ1n) is 9.18. The molecule has 25 heavy (non-hydrogen) atoms. The first-order chi connectivity index (χ1) is 11.9. The molecule has 1 aliphatic carbocycles. The number of ether oxygens (including phenoxy) is 1. The first kappa shape index (κ1) is 17.9. The van der Waals surface area contributed by atoms with E-state index < -0.39 is 5.41 Å². The van der Waals surface area contributed by atoms with E-state index >= 15 is 0 Å². The second kappa shape index (κ2) is 7.16. The summed E-state index contributed by atoms with van der Waals surface area (Å²) in [6.45, 7) is 5.71. The summed E-state index contributed by atoms with van der Waals surface area (Å²) in [5.74, 6) is 0.504. The van der Waals surface area contributed by atoms with Crippen molar-refractivity contribution in [2.75, 3.05) is 19.8 Å². The monoisotopic (exact) mass is 344 g/mol. The average Bonchev–Trinajstić information content (AvgIpc) is 3.41. The molecular weight excluding hydrogens is 316 g/mol. The highest BCUT2D eigenvalue weighted by Gasteiger charge is 2.45. The second-order valence-corrected chi connectivity index (χ2v) is 7.74. The first-order valence-corrected chi connectivity index (χ1v) is 9.18. The van der Waals surface area contributed by atoms with Gasteiger partial charge in [0.1, 0.15) is 0 Å². The highest BCUT2D eigenvalue weighted by atomic mass is 16.5. The summed E-state index contributed by atoms with van der Waals surface area (Å²) in [6.07, 6.45) is 2.03. The van der Waals surface area contributed by atoms with E-state index in [1.54, 1.807) is 0 Å². The van der Waals surface area contributed by atoms with Crippen molar-refractivity contribution >= 4 is 11.8 Å². The zero-order chi connectivity index (χ0) is 18.0. The molecule has 2 fully saturated rings. The van der Waals surface area contributed by atoms with E-state index in [2.05, 4.69) is 43.4 Å². The second-order valence-electron chi connectivity index (χ2n) is 7.74. The predicted molar refractivity (Wildman–Crippen MR) is 96.1 cm³/mol. The Morgan fingerprint density at radius 1 is 1.24 bits per heavy atom. The largest absolute Gasteiger partial charge is 0.381 e. The molecule has 0 radical (unpaired) electrons. The molecule has 2 aliphatic rings. The molecule has 0 bridgehead atoms. The number of hydrogen-bond donors (Lipinski definition) is 2. The number of hydrogen-bond acceptors (Lipinski definition) is 3. The minimum Gasteiger partial charge on any atom is -0.381 e. The van der Waals surface area contributed by atoms with E-state index in [1.807, 2.05) is 0 Å². The molecule has 0 unspecified atom stereocenters. The van der Waals surface area contributed by atoms with Crippen LogP contribution in [0.15, 0.2) is 24.3 Å². The van der Waals surface area contributed by atoms with E-state index in [1.165, 1.54) is 11.1 Å². The highest BCUT2D eigenvalue weighted by molar-refractivity contribution is 5.85. The third kappa shape index (κ3) is 3.87. The smallest absolute Gasteiger partial charge is 0.225 e. The fraction of sp³-hybridized carbons (Fsp3) is 0.600. The maximum Gasteiger partial charge on any atom is 0.225 e. The van der Waals surface area contributed by atoms with Gasteiger partial charge in [-0.05, 0) is 42.2 Å². The lowest BCUT2D eigenvalue weighted by Gasteiger charge is -2.34. The van der Waals surface area contributed by atoms with Gasteiger partial charge in [-0.25, -0.2) is 0 Å². The van der Waals surface area contributed by atoms with Gasteiger partial charge in [-0.1, -0.05) is 38.1 Å². The zero-order valence-electron chi connectivity index (χ0n) is 15.1. The lowest BCUT2D eigenvalue weighted by Crippen LogP contribution is -2.49. The van der Waals surface area contributed by atoms with E-state index in [0.29, 0.717) is 44.4 Å². The number of primary amides is 1. The van der Waals surface area contributed by atoms with Crippen LogP contribution >= 0.6 is 0 Å². The molecule has 1 heterocycles. The van der Waals surface area contributed by atoms with Crippen LogP contribution in [0.4, 0.5) is 0 Å². The normalized spacial score (nSPS) is 24.8. The lowest BCUT2D eigenvalue weighted by atomic mass is 9.79. The Balaban J connectivity index is 1.55. The van der Waals surface area contributed by atoms with E-state index in [4.69, 9.17) is 10.5 Å². The van der Waals surface area contributed by atoms with Gasteiger partial charge in [-0.15, -0.1) is 0 Å². The van der Waals surface area contributed by atoms with Gasteiger partial charge >= 0.3 is 0 Å². The van der Waals surface area contributed by atoms with Gasteiger partial charge in [0, 0.05) is 25.7 Å². The zero-order valence-corrected chi connectivity index (χ0v) is 15.1. The molecule has 5 heteroatoms. The quantitative estimate of drug-likeness (QED) is 0.831. The van der Waals surface area contributed by atoms with Gasteiger partial charge in [0.15, 0.2) is 0 Å². The Bertz CT molecular complexity index is 633. The van der Waals surface area contributed by atoms with E-state index in [-0.39, 0.29) is 17.7 Å². The van der Waals surface area contributed by atoms with Gasteiger partial charge in [-0.2, -0.15) is 0 Å². The lowest BCUT2D eigenvalue weighted by molar-refractivity contribution is -0.134. The van der Waals surface area contributed by atoms with Crippen molar-refractivity contribution in [3.8, 4) is 0 Å². The van der Waals surface area contributed by atoms with Crippen molar-refractivity contribution in [3.05, 3.63) is 35.4 Å². The van der Waals surface area contributed by atoms with Crippen molar-refractivity contribution in [1.29, 1.82) is 0 Å². The van der Waals surface area contributed by atoms with Crippen LogP contribution in [0, 0.1) is 11.3 Å². The SMILES string of the molecule is CC(C)c1ccc([C@H]2C[C@H]2C(=O)NCC2(C(N)=O)CCOCC2)cc1. The van der Waals surface area contributed by atoms with Crippen LogP contribution in [0.2, 0.25) is 0 Å². The van der Waals surface area contributed by atoms with Gasteiger partial charge in [0.2, 0.25) is 11.8 Å². The third-order valence-electron chi connectivity index (χ3n) is 5.73. The van der Waals surface area contributed by atoms with E-state index in [9.17, 15) is 9.59 Å². The van der Waals surface area contributed by atoms with Gasteiger partial charge < -0.3 is 15.8 Å². The molecule has 3 N–H and O–H groups in total. The van der Waals surface area contributed by atoms with Crippen LogP contribution in [0.3, 0.4) is 0 Å². The molecule has 3 rings (SSSR count). The summed E-state index contributed by atoms with van der Waals surface area (Å²) in [7, 11) is 0. The molecule has 1 aromatic rings. The minimum atomic E-state index is -0.656. The highest BCUT2D eigenvalue weighted by Crippen LogP contribution is 2.47. The molecule has 2 amide bonds. The average molecular weight is 344 g/mol. The number of carbonyl (C=O) groups excluding carboxylic acids is 2. The molecule has 2 atom stereocenters. The topological polar surface area (TPSA) is 81.4 Å². The maximum absolute atomic E-state index is 12.5. The molecule has 1 aliphatic heterocycles.